The summed E-state index contributed by atoms with van der Waals surface area (Å²) in [7, 11) is 1.47. The highest BCUT2D eigenvalue weighted by Crippen LogP contribution is 2.44. The monoisotopic (exact) mass is 438 g/mol. The Kier molecular flexibility index (Phi) is 6.41. The number of likely N-dealkylation sites (tertiary alicyclic amines) is 1. The van der Waals surface area contributed by atoms with Gasteiger partial charge in [-0.3, -0.25) is 9.59 Å². The standard InChI is InChI=1S/C24H26N2O6/c1-31-16(10-22(27)26-12-15(13-26)23(28)29)11-25-24(30)32-14-21-19-8-4-2-6-17(19)18-7-3-5-9-20(18)21/h2-9,15-16,21H,10-14H2,1H3,(H,25,30)(H,28,29). The number of nitrogens with zero attached hydrogens (tertiary/aromatic N) is 1. The van der Waals surface area contributed by atoms with E-state index in [1.54, 1.807) is 0 Å². The molecule has 168 valence electrons. The van der Waals surface area contributed by atoms with Gasteiger partial charge < -0.3 is 24.8 Å². The normalized spacial score (nSPS) is 16.0. The molecule has 2 aromatic rings. The molecule has 1 aliphatic carbocycles. The Hall–Kier alpha value is -3.39. The maximum atomic E-state index is 12.3. The number of methoxy groups -OCH3 is 1. The van der Waals surface area contributed by atoms with Crippen molar-refractivity contribution >= 4 is 18.0 Å². The van der Waals surface area contributed by atoms with Gasteiger partial charge in [-0.1, -0.05) is 48.5 Å². The van der Waals surface area contributed by atoms with Crippen molar-refractivity contribution < 1.29 is 29.0 Å². The van der Waals surface area contributed by atoms with Crippen LogP contribution in [0, 0.1) is 5.92 Å². The molecule has 8 heteroatoms. The Morgan fingerprint density at radius 1 is 1.06 bits per heavy atom. The Morgan fingerprint density at radius 3 is 2.22 bits per heavy atom. The summed E-state index contributed by atoms with van der Waals surface area (Å²) < 4.78 is 10.8. The molecule has 0 aromatic heterocycles. The largest absolute Gasteiger partial charge is 0.481 e. The van der Waals surface area contributed by atoms with Crippen molar-refractivity contribution in [3.8, 4) is 11.1 Å². The van der Waals surface area contributed by atoms with E-state index in [0.29, 0.717) is 0 Å². The van der Waals surface area contributed by atoms with Crippen LogP contribution in [0.3, 0.4) is 0 Å². The van der Waals surface area contributed by atoms with E-state index in [1.165, 1.54) is 12.0 Å². The number of fused-ring (bicyclic) bond motifs is 3. The number of carboxylic acids is 1. The van der Waals surface area contributed by atoms with E-state index in [0.717, 1.165) is 22.3 Å². The molecule has 1 heterocycles. The topological polar surface area (TPSA) is 105 Å². The van der Waals surface area contributed by atoms with Crippen molar-refractivity contribution in [2.75, 3.05) is 33.4 Å². The molecular weight excluding hydrogens is 412 g/mol. The zero-order valence-corrected chi connectivity index (χ0v) is 17.8. The molecule has 1 fully saturated rings. The molecule has 4 rings (SSSR count). The predicted octanol–water partition coefficient (Wildman–Crippen LogP) is 2.47. The van der Waals surface area contributed by atoms with Gasteiger partial charge in [0, 0.05) is 32.7 Å². The van der Waals surface area contributed by atoms with E-state index in [9.17, 15) is 14.4 Å². The molecule has 0 radical (unpaired) electrons. The average Bonchev–Trinajstić information content (AvgIpc) is 3.07. The molecule has 8 nitrogen and oxygen atoms in total. The molecule has 32 heavy (non-hydrogen) atoms. The minimum absolute atomic E-state index is 0.0263. The van der Waals surface area contributed by atoms with Gasteiger partial charge in [-0.25, -0.2) is 4.79 Å². The maximum absolute atomic E-state index is 12.3. The Balaban J connectivity index is 1.26. The van der Waals surface area contributed by atoms with Gasteiger partial charge in [-0.05, 0) is 22.3 Å². The minimum Gasteiger partial charge on any atom is -0.481 e. The van der Waals surface area contributed by atoms with Gasteiger partial charge in [0.15, 0.2) is 0 Å². The van der Waals surface area contributed by atoms with Crippen LogP contribution in [0.5, 0.6) is 0 Å². The lowest BCUT2D eigenvalue weighted by Gasteiger charge is -2.37. The molecule has 2 N–H and O–H groups in total. The second-order valence-corrected chi connectivity index (χ2v) is 8.10. The summed E-state index contributed by atoms with van der Waals surface area (Å²) in [5.41, 5.74) is 4.59. The highest BCUT2D eigenvalue weighted by Gasteiger charge is 2.36. The number of rotatable bonds is 8. The first-order valence-electron chi connectivity index (χ1n) is 10.6. The molecule has 0 bridgehead atoms. The molecule has 1 aliphatic heterocycles. The summed E-state index contributed by atoms with van der Waals surface area (Å²) in [5.74, 6) is -1.61. The number of carbonyl (C=O) groups is 3. The number of alkyl carbamates (subject to hydrolysis) is 1. The van der Waals surface area contributed by atoms with Crippen molar-refractivity contribution in [1.82, 2.24) is 10.2 Å². The molecule has 1 unspecified atom stereocenters. The van der Waals surface area contributed by atoms with Crippen molar-refractivity contribution in [2.45, 2.75) is 18.4 Å². The van der Waals surface area contributed by atoms with Crippen LogP contribution in [0.2, 0.25) is 0 Å². The van der Waals surface area contributed by atoms with Crippen LogP contribution in [-0.2, 0) is 19.1 Å². The third-order valence-electron chi connectivity index (χ3n) is 6.14. The Labute approximate surface area is 186 Å². The fourth-order valence-electron chi connectivity index (χ4n) is 4.25. The van der Waals surface area contributed by atoms with Gasteiger partial charge in [-0.2, -0.15) is 0 Å². The van der Waals surface area contributed by atoms with Crippen LogP contribution < -0.4 is 5.32 Å². The van der Waals surface area contributed by atoms with Gasteiger partial charge in [0.05, 0.1) is 18.4 Å². The smallest absolute Gasteiger partial charge is 0.407 e. The van der Waals surface area contributed by atoms with E-state index >= 15 is 0 Å². The van der Waals surface area contributed by atoms with Crippen molar-refractivity contribution in [3.05, 3.63) is 59.7 Å². The van der Waals surface area contributed by atoms with E-state index in [2.05, 4.69) is 29.6 Å². The van der Waals surface area contributed by atoms with Gasteiger partial charge in [0.25, 0.3) is 0 Å². The Morgan fingerprint density at radius 2 is 1.66 bits per heavy atom. The molecular formula is C24H26N2O6. The van der Waals surface area contributed by atoms with Gasteiger partial charge in [0.2, 0.25) is 5.91 Å². The molecule has 0 saturated carbocycles. The van der Waals surface area contributed by atoms with E-state index in [-0.39, 0.29) is 44.5 Å². The van der Waals surface area contributed by atoms with Crippen molar-refractivity contribution in [2.24, 2.45) is 5.92 Å². The van der Waals surface area contributed by atoms with Crippen LogP contribution in [0.15, 0.2) is 48.5 Å². The Bertz CT molecular complexity index is 972. The zero-order chi connectivity index (χ0) is 22.7. The second kappa shape index (κ2) is 9.40. The first-order valence-corrected chi connectivity index (χ1v) is 10.6. The lowest BCUT2D eigenvalue weighted by Crippen LogP contribution is -2.54. The van der Waals surface area contributed by atoms with Crippen LogP contribution in [-0.4, -0.2) is 67.4 Å². The fourth-order valence-corrected chi connectivity index (χ4v) is 4.25. The van der Waals surface area contributed by atoms with E-state index in [1.807, 2.05) is 24.3 Å². The summed E-state index contributed by atoms with van der Waals surface area (Å²) >= 11 is 0. The fraction of sp³-hybridized carbons (Fsp3) is 0.375. The number of amides is 2. The van der Waals surface area contributed by atoms with Crippen LogP contribution >= 0.6 is 0 Å². The maximum Gasteiger partial charge on any atom is 0.407 e. The second-order valence-electron chi connectivity index (χ2n) is 8.10. The molecule has 1 atom stereocenters. The number of aliphatic carboxylic acids is 1. The number of nitrogens with one attached hydrogen (secondary N) is 1. The van der Waals surface area contributed by atoms with Gasteiger partial charge >= 0.3 is 12.1 Å². The lowest BCUT2D eigenvalue weighted by molar-refractivity contribution is -0.153. The third kappa shape index (κ3) is 4.45. The average molecular weight is 438 g/mol. The van der Waals surface area contributed by atoms with Crippen molar-refractivity contribution in [1.29, 1.82) is 0 Å². The van der Waals surface area contributed by atoms with Crippen LogP contribution in [0.25, 0.3) is 11.1 Å². The summed E-state index contributed by atoms with van der Waals surface area (Å²) in [5, 5.41) is 11.6. The minimum atomic E-state index is -0.894. The molecule has 2 aromatic carbocycles. The molecule has 2 aliphatic rings. The highest BCUT2D eigenvalue weighted by molar-refractivity contribution is 5.81. The third-order valence-corrected chi connectivity index (χ3v) is 6.14. The number of carbonyl (C=O) groups excluding carboxylic acids is 2. The van der Waals surface area contributed by atoms with Gasteiger partial charge in [-0.15, -0.1) is 0 Å². The van der Waals surface area contributed by atoms with Gasteiger partial charge in [0.1, 0.15) is 6.61 Å². The van der Waals surface area contributed by atoms with Crippen molar-refractivity contribution in [3.63, 3.8) is 0 Å². The zero-order valence-electron chi connectivity index (χ0n) is 17.8. The summed E-state index contributed by atoms with van der Waals surface area (Å²) in [6.45, 7) is 0.755. The predicted molar refractivity (Wildman–Crippen MR) is 116 cm³/mol. The number of ether oxygens (including phenoxy) is 2. The van der Waals surface area contributed by atoms with Crippen LogP contribution in [0.1, 0.15) is 23.5 Å². The SMILES string of the molecule is COC(CNC(=O)OCC1c2ccccc2-c2ccccc21)CC(=O)N1CC(C(=O)O)C1. The first-order chi connectivity index (χ1) is 15.5. The number of hydrogen-bond acceptors (Lipinski definition) is 5. The first kappa shape index (κ1) is 21.8. The van der Waals surface area contributed by atoms with E-state index < -0.39 is 24.1 Å². The highest BCUT2D eigenvalue weighted by atomic mass is 16.5. The number of hydrogen-bond donors (Lipinski definition) is 2. The lowest BCUT2D eigenvalue weighted by atomic mass is 9.98. The quantitative estimate of drug-likeness (QED) is 0.656. The molecule has 0 spiro atoms. The summed E-state index contributed by atoms with van der Waals surface area (Å²) in [6, 6.07) is 16.2. The van der Waals surface area contributed by atoms with E-state index in [4.69, 9.17) is 14.6 Å². The number of benzene rings is 2. The van der Waals surface area contributed by atoms with Crippen LogP contribution in [0.4, 0.5) is 4.79 Å². The molecule has 2 amide bonds. The number of carboxylic acid groups (broad SMARTS) is 1. The molecule has 1 saturated heterocycles. The summed E-state index contributed by atoms with van der Waals surface area (Å²) in [4.78, 5) is 36.9. The summed E-state index contributed by atoms with van der Waals surface area (Å²) in [6.07, 6.45) is -1.03.